The van der Waals surface area contributed by atoms with E-state index in [0.717, 1.165) is 24.5 Å². The summed E-state index contributed by atoms with van der Waals surface area (Å²) >= 11 is 5.91. The molecule has 0 amide bonds. The minimum absolute atomic E-state index is 0.611. The second kappa shape index (κ2) is 5.55. The first-order valence-corrected chi connectivity index (χ1v) is 6.41. The number of hydrogen-bond acceptors (Lipinski definition) is 2. The first kappa shape index (κ1) is 11.7. The predicted molar refractivity (Wildman–Crippen MR) is 70.1 cm³/mol. The molecular formula is C13H19ClN2. The Kier molecular flexibility index (Phi) is 4.08. The summed E-state index contributed by atoms with van der Waals surface area (Å²) in [6, 6.07) is 8.75. The van der Waals surface area contributed by atoms with E-state index in [0.29, 0.717) is 6.04 Å². The number of anilines is 1. The number of halogens is 1. The molecule has 1 unspecified atom stereocenters. The highest BCUT2D eigenvalue weighted by Gasteiger charge is 2.21. The molecule has 1 heterocycles. The SMILES string of the molecule is NCCC1CCCCN1c1ccc(Cl)cc1. The summed E-state index contributed by atoms with van der Waals surface area (Å²) in [5, 5.41) is 0.802. The highest BCUT2D eigenvalue weighted by molar-refractivity contribution is 6.30. The van der Waals surface area contributed by atoms with Crippen LogP contribution in [-0.4, -0.2) is 19.1 Å². The lowest BCUT2D eigenvalue weighted by Gasteiger charge is -2.37. The van der Waals surface area contributed by atoms with Crippen LogP contribution in [0.1, 0.15) is 25.7 Å². The van der Waals surface area contributed by atoms with Gasteiger partial charge in [-0.1, -0.05) is 11.6 Å². The van der Waals surface area contributed by atoms with Crippen LogP contribution >= 0.6 is 11.6 Å². The van der Waals surface area contributed by atoms with E-state index in [-0.39, 0.29) is 0 Å². The molecule has 2 N–H and O–H groups in total. The Balaban J connectivity index is 2.13. The smallest absolute Gasteiger partial charge is 0.0407 e. The number of piperidine rings is 1. The van der Waals surface area contributed by atoms with Crippen molar-refractivity contribution >= 4 is 17.3 Å². The van der Waals surface area contributed by atoms with E-state index in [2.05, 4.69) is 17.0 Å². The molecule has 1 fully saturated rings. The lowest BCUT2D eigenvalue weighted by molar-refractivity contribution is 0.442. The number of nitrogens with zero attached hydrogens (tertiary/aromatic N) is 1. The quantitative estimate of drug-likeness (QED) is 0.877. The van der Waals surface area contributed by atoms with E-state index >= 15 is 0 Å². The van der Waals surface area contributed by atoms with Gasteiger partial charge in [-0.25, -0.2) is 0 Å². The molecule has 1 atom stereocenters. The van der Waals surface area contributed by atoms with Gasteiger partial charge in [-0.05, 0) is 56.5 Å². The molecule has 1 saturated heterocycles. The third kappa shape index (κ3) is 2.69. The maximum absolute atomic E-state index is 5.91. The summed E-state index contributed by atoms with van der Waals surface area (Å²) in [5.74, 6) is 0. The molecule has 16 heavy (non-hydrogen) atoms. The van der Waals surface area contributed by atoms with Crippen LogP contribution in [-0.2, 0) is 0 Å². The molecule has 0 radical (unpaired) electrons. The molecule has 0 saturated carbocycles. The van der Waals surface area contributed by atoms with Gasteiger partial charge in [-0.15, -0.1) is 0 Å². The Morgan fingerprint density at radius 3 is 2.69 bits per heavy atom. The summed E-state index contributed by atoms with van der Waals surface area (Å²) in [6.07, 6.45) is 4.96. The number of nitrogens with two attached hydrogens (primary N) is 1. The average Bonchev–Trinajstić information content (AvgIpc) is 2.32. The lowest BCUT2D eigenvalue weighted by atomic mass is 9.98. The maximum Gasteiger partial charge on any atom is 0.0407 e. The van der Waals surface area contributed by atoms with Crippen molar-refractivity contribution in [2.24, 2.45) is 5.73 Å². The van der Waals surface area contributed by atoms with Gasteiger partial charge in [0.05, 0.1) is 0 Å². The molecule has 2 nitrogen and oxygen atoms in total. The zero-order valence-corrected chi connectivity index (χ0v) is 10.3. The van der Waals surface area contributed by atoms with Gasteiger partial charge in [0.25, 0.3) is 0 Å². The van der Waals surface area contributed by atoms with E-state index in [1.165, 1.54) is 24.9 Å². The molecule has 88 valence electrons. The van der Waals surface area contributed by atoms with Gasteiger partial charge < -0.3 is 10.6 Å². The molecular weight excluding hydrogens is 220 g/mol. The second-order valence-electron chi connectivity index (χ2n) is 4.40. The van der Waals surface area contributed by atoms with E-state index in [4.69, 9.17) is 17.3 Å². The van der Waals surface area contributed by atoms with E-state index in [1.807, 2.05) is 12.1 Å². The lowest BCUT2D eigenvalue weighted by Crippen LogP contribution is -2.40. The first-order chi connectivity index (χ1) is 7.81. The summed E-state index contributed by atoms with van der Waals surface area (Å²) in [5.41, 5.74) is 6.96. The van der Waals surface area contributed by atoms with Gasteiger partial charge >= 0.3 is 0 Å². The normalized spacial score (nSPS) is 21.1. The van der Waals surface area contributed by atoms with E-state index in [1.54, 1.807) is 0 Å². The topological polar surface area (TPSA) is 29.3 Å². The first-order valence-electron chi connectivity index (χ1n) is 6.03. The van der Waals surface area contributed by atoms with Crippen LogP contribution < -0.4 is 10.6 Å². The average molecular weight is 239 g/mol. The van der Waals surface area contributed by atoms with Gasteiger partial charge in [0.15, 0.2) is 0 Å². The molecule has 3 heteroatoms. The van der Waals surface area contributed by atoms with Crippen molar-refractivity contribution < 1.29 is 0 Å². The fourth-order valence-electron chi connectivity index (χ4n) is 2.47. The molecule has 1 aromatic carbocycles. The fourth-order valence-corrected chi connectivity index (χ4v) is 2.59. The van der Waals surface area contributed by atoms with Crippen molar-refractivity contribution in [1.29, 1.82) is 0 Å². The zero-order valence-electron chi connectivity index (χ0n) is 9.53. The van der Waals surface area contributed by atoms with Gasteiger partial charge in [0, 0.05) is 23.3 Å². The number of hydrogen-bond donors (Lipinski definition) is 1. The van der Waals surface area contributed by atoms with Crippen molar-refractivity contribution in [3.63, 3.8) is 0 Å². The van der Waals surface area contributed by atoms with E-state index in [9.17, 15) is 0 Å². The molecule has 0 spiro atoms. The van der Waals surface area contributed by atoms with Crippen molar-refractivity contribution in [1.82, 2.24) is 0 Å². The Labute approximate surface area is 102 Å². The number of rotatable bonds is 3. The standard InChI is InChI=1S/C13H19ClN2/c14-11-4-6-13(7-5-11)16-10-2-1-3-12(16)8-9-15/h4-7,12H,1-3,8-10,15H2. The van der Waals surface area contributed by atoms with Crippen LogP contribution in [0.2, 0.25) is 5.02 Å². The van der Waals surface area contributed by atoms with Crippen LogP contribution in [0, 0.1) is 0 Å². The largest absolute Gasteiger partial charge is 0.369 e. The second-order valence-corrected chi connectivity index (χ2v) is 4.83. The van der Waals surface area contributed by atoms with Crippen LogP contribution in [0.15, 0.2) is 24.3 Å². The molecule has 0 bridgehead atoms. The third-order valence-electron chi connectivity index (χ3n) is 3.29. The molecule has 1 aromatic rings. The Bertz CT molecular complexity index is 321. The monoisotopic (exact) mass is 238 g/mol. The molecule has 1 aliphatic rings. The van der Waals surface area contributed by atoms with Crippen LogP contribution in [0.3, 0.4) is 0 Å². The van der Waals surface area contributed by atoms with Crippen LogP contribution in [0.5, 0.6) is 0 Å². The van der Waals surface area contributed by atoms with Crippen molar-refractivity contribution in [3.05, 3.63) is 29.3 Å². The van der Waals surface area contributed by atoms with Gasteiger partial charge in [0.1, 0.15) is 0 Å². The van der Waals surface area contributed by atoms with Crippen molar-refractivity contribution in [2.75, 3.05) is 18.0 Å². The van der Waals surface area contributed by atoms with Crippen LogP contribution in [0.25, 0.3) is 0 Å². The van der Waals surface area contributed by atoms with E-state index < -0.39 is 0 Å². The number of benzene rings is 1. The Morgan fingerprint density at radius 1 is 1.25 bits per heavy atom. The Hall–Kier alpha value is -0.730. The van der Waals surface area contributed by atoms with Crippen LogP contribution in [0.4, 0.5) is 5.69 Å². The van der Waals surface area contributed by atoms with Gasteiger partial charge in [0.2, 0.25) is 0 Å². The highest BCUT2D eigenvalue weighted by Crippen LogP contribution is 2.27. The summed E-state index contributed by atoms with van der Waals surface area (Å²) in [7, 11) is 0. The molecule has 0 aliphatic carbocycles. The van der Waals surface area contributed by atoms with Gasteiger partial charge in [-0.3, -0.25) is 0 Å². The zero-order chi connectivity index (χ0) is 11.4. The highest BCUT2D eigenvalue weighted by atomic mass is 35.5. The fraction of sp³-hybridized carbons (Fsp3) is 0.538. The molecule has 1 aliphatic heterocycles. The summed E-state index contributed by atoms with van der Waals surface area (Å²) in [6.45, 7) is 1.92. The minimum atomic E-state index is 0.611. The summed E-state index contributed by atoms with van der Waals surface area (Å²) < 4.78 is 0. The predicted octanol–water partition coefficient (Wildman–Crippen LogP) is 3.05. The Morgan fingerprint density at radius 2 is 2.00 bits per heavy atom. The van der Waals surface area contributed by atoms with Crippen molar-refractivity contribution in [2.45, 2.75) is 31.7 Å². The molecule has 0 aromatic heterocycles. The van der Waals surface area contributed by atoms with Crippen molar-refractivity contribution in [3.8, 4) is 0 Å². The maximum atomic E-state index is 5.91. The van der Waals surface area contributed by atoms with Gasteiger partial charge in [-0.2, -0.15) is 0 Å². The molecule has 2 rings (SSSR count). The summed E-state index contributed by atoms with van der Waals surface area (Å²) in [4.78, 5) is 2.48. The minimum Gasteiger partial charge on any atom is -0.369 e. The third-order valence-corrected chi connectivity index (χ3v) is 3.54.